The second kappa shape index (κ2) is 5.11. The highest BCUT2D eigenvalue weighted by atomic mass is 35.5. The summed E-state index contributed by atoms with van der Waals surface area (Å²) < 4.78 is 0. The number of halogens is 1. The van der Waals surface area contributed by atoms with Gasteiger partial charge in [0.25, 0.3) is 0 Å². The molecule has 3 aromatic rings. The number of hydrogen-bond acceptors (Lipinski definition) is 4. The van der Waals surface area contributed by atoms with Crippen molar-refractivity contribution >= 4 is 33.2 Å². The minimum Gasteiger partial charge on any atom is -0.264 e. The monoisotopic (exact) mass is 303 g/mol. The molecule has 102 valence electrons. The second-order valence-corrected chi connectivity index (χ2v) is 6.25. The van der Waals surface area contributed by atoms with Crippen molar-refractivity contribution in [2.24, 2.45) is 0 Å². The van der Waals surface area contributed by atoms with Gasteiger partial charge in [0, 0.05) is 22.8 Å². The minimum atomic E-state index is 0.533. The van der Waals surface area contributed by atoms with Crippen LogP contribution < -0.4 is 0 Å². The zero-order valence-electron chi connectivity index (χ0n) is 11.6. The maximum absolute atomic E-state index is 6.37. The van der Waals surface area contributed by atoms with Gasteiger partial charge in [-0.2, -0.15) is 0 Å². The van der Waals surface area contributed by atoms with Crippen molar-refractivity contribution < 1.29 is 0 Å². The predicted octanol–water partition coefficient (Wildman–Crippen LogP) is 4.59. The molecule has 0 aromatic carbocycles. The third kappa shape index (κ3) is 2.09. The highest BCUT2D eigenvalue weighted by Gasteiger charge is 2.15. The van der Waals surface area contributed by atoms with Gasteiger partial charge in [0.15, 0.2) is 5.82 Å². The summed E-state index contributed by atoms with van der Waals surface area (Å²) in [4.78, 5) is 15.5. The molecule has 0 bridgehead atoms. The fourth-order valence-corrected chi connectivity index (χ4v) is 3.64. The first-order chi connectivity index (χ1) is 9.61. The molecule has 5 heteroatoms. The van der Waals surface area contributed by atoms with Crippen LogP contribution in [0.15, 0.2) is 18.5 Å². The molecule has 0 saturated heterocycles. The van der Waals surface area contributed by atoms with Crippen LogP contribution in [-0.4, -0.2) is 15.0 Å². The van der Waals surface area contributed by atoms with Crippen LogP contribution in [-0.2, 0) is 6.42 Å². The average molecular weight is 304 g/mol. The van der Waals surface area contributed by atoms with E-state index in [0.29, 0.717) is 11.0 Å². The lowest BCUT2D eigenvalue weighted by Gasteiger charge is -2.06. The van der Waals surface area contributed by atoms with E-state index in [4.69, 9.17) is 16.6 Å². The van der Waals surface area contributed by atoms with Gasteiger partial charge in [-0.05, 0) is 37.5 Å². The van der Waals surface area contributed by atoms with Crippen molar-refractivity contribution in [2.45, 2.75) is 27.2 Å². The Kier molecular flexibility index (Phi) is 3.44. The summed E-state index contributed by atoms with van der Waals surface area (Å²) in [6.07, 6.45) is 4.52. The van der Waals surface area contributed by atoms with E-state index in [1.54, 1.807) is 17.5 Å². The summed E-state index contributed by atoms with van der Waals surface area (Å²) in [5.41, 5.74) is 3.31. The highest BCUT2D eigenvalue weighted by molar-refractivity contribution is 7.18. The lowest BCUT2D eigenvalue weighted by Crippen LogP contribution is -1.95. The molecule has 0 aliphatic carbocycles. The van der Waals surface area contributed by atoms with E-state index < -0.39 is 0 Å². The molecule has 0 unspecified atom stereocenters. The fourth-order valence-electron chi connectivity index (χ4n) is 2.25. The molecule has 0 saturated carbocycles. The molecule has 3 nitrogen and oxygen atoms in total. The average Bonchev–Trinajstić information content (AvgIpc) is 2.74. The Hall–Kier alpha value is -1.52. The number of hydrogen-bond donors (Lipinski definition) is 0. The lowest BCUT2D eigenvalue weighted by atomic mass is 10.1. The molecule has 3 rings (SSSR count). The van der Waals surface area contributed by atoms with Gasteiger partial charge in [-0.25, -0.2) is 9.97 Å². The molecule has 0 N–H and O–H groups in total. The molecule has 20 heavy (non-hydrogen) atoms. The summed E-state index contributed by atoms with van der Waals surface area (Å²) in [5, 5.41) is 1.51. The second-order valence-electron chi connectivity index (χ2n) is 4.69. The number of fused-ring (bicyclic) bond motifs is 1. The minimum absolute atomic E-state index is 0.533. The maximum Gasteiger partial charge on any atom is 0.162 e. The van der Waals surface area contributed by atoms with E-state index in [1.807, 2.05) is 12.3 Å². The molecule has 0 amide bonds. The zero-order chi connectivity index (χ0) is 14.3. The van der Waals surface area contributed by atoms with Crippen LogP contribution in [0.3, 0.4) is 0 Å². The third-order valence-electron chi connectivity index (χ3n) is 3.51. The largest absolute Gasteiger partial charge is 0.264 e. The van der Waals surface area contributed by atoms with Crippen LogP contribution in [0.4, 0.5) is 0 Å². The molecule has 0 atom stereocenters. The first kappa shape index (κ1) is 13.5. The number of aromatic nitrogens is 3. The Labute approximate surface area is 126 Å². The Morgan fingerprint density at radius 3 is 2.80 bits per heavy atom. The smallest absolute Gasteiger partial charge is 0.162 e. The third-order valence-corrected chi connectivity index (χ3v) is 4.88. The summed E-state index contributed by atoms with van der Waals surface area (Å²) in [5.74, 6) is 0.683. The summed E-state index contributed by atoms with van der Waals surface area (Å²) >= 11 is 8.03. The fraction of sp³-hybridized carbons (Fsp3) is 0.267. The first-order valence-corrected chi connectivity index (χ1v) is 7.67. The molecule has 0 radical (unpaired) electrons. The highest BCUT2D eigenvalue weighted by Crippen LogP contribution is 2.35. The van der Waals surface area contributed by atoms with Gasteiger partial charge in [-0.3, -0.25) is 4.98 Å². The standard InChI is InChI=1S/C15H14ClN3S/c1-4-10-7-17-6-5-11(10)14-18-13(16)12-8(2)9(3)20-15(12)19-14/h5-7H,4H2,1-3H3. The van der Waals surface area contributed by atoms with Gasteiger partial charge in [0.05, 0.1) is 5.39 Å². The van der Waals surface area contributed by atoms with Crippen molar-refractivity contribution in [1.82, 2.24) is 15.0 Å². The van der Waals surface area contributed by atoms with E-state index >= 15 is 0 Å². The van der Waals surface area contributed by atoms with Gasteiger partial charge in [0.1, 0.15) is 9.98 Å². The Morgan fingerprint density at radius 1 is 1.25 bits per heavy atom. The molecule has 0 fully saturated rings. The summed E-state index contributed by atoms with van der Waals surface area (Å²) in [6, 6.07) is 1.95. The topological polar surface area (TPSA) is 38.7 Å². The Balaban J connectivity index is 2.28. The van der Waals surface area contributed by atoms with Crippen LogP contribution in [0, 0.1) is 13.8 Å². The summed E-state index contributed by atoms with van der Waals surface area (Å²) in [6.45, 7) is 6.24. The summed E-state index contributed by atoms with van der Waals surface area (Å²) in [7, 11) is 0. The van der Waals surface area contributed by atoms with Crippen LogP contribution >= 0.6 is 22.9 Å². The van der Waals surface area contributed by atoms with E-state index in [1.165, 1.54) is 10.4 Å². The van der Waals surface area contributed by atoms with Crippen molar-refractivity contribution in [2.75, 3.05) is 0 Å². The number of thiophene rings is 1. The molecule has 3 heterocycles. The lowest BCUT2D eigenvalue weighted by molar-refractivity contribution is 1.09. The van der Waals surface area contributed by atoms with Gasteiger partial charge < -0.3 is 0 Å². The van der Waals surface area contributed by atoms with Crippen molar-refractivity contribution in [1.29, 1.82) is 0 Å². The molecular weight excluding hydrogens is 290 g/mol. The molecule has 3 aromatic heterocycles. The number of aryl methyl sites for hydroxylation is 3. The van der Waals surface area contributed by atoms with Crippen molar-refractivity contribution in [3.63, 3.8) is 0 Å². The first-order valence-electron chi connectivity index (χ1n) is 6.48. The molecule has 0 aliphatic rings. The van der Waals surface area contributed by atoms with E-state index in [2.05, 4.69) is 30.7 Å². The van der Waals surface area contributed by atoms with Crippen LogP contribution in [0.2, 0.25) is 5.15 Å². The van der Waals surface area contributed by atoms with E-state index in [0.717, 1.165) is 27.8 Å². The Morgan fingerprint density at radius 2 is 2.05 bits per heavy atom. The van der Waals surface area contributed by atoms with Crippen molar-refractivity contribution in [3.05, 3.63) is 39.6 Å². The normalized spacial score (nSPS) is 11.2. The molecule has 0 aliphatic heterocycles. The molecule has 0 spiro atoms. The van der Waals surface area contributed by atoms with Crippen molar-refractivity contribution in [3.8, 4) is 11.4 Å². The SMILES string of the molecule is CCc1cnccc1-c1nc(Cl)c2c(C)c(C)sc2n1. The quantitative estimate of drug-likeness (QED) is 0.650. The van der Waals surface area contributed by atoms with E-state index in [9.17, 15) is 0 Å². The maximum atomic E-state index is 6.37. The Bertz CT molecular complexity index is 795. The van der Waals surface area contributed by atoms with Crippen LogP contribution in [0.1, 0.15) is 22.9 Å². The van der Waals surface area contributed by atoms with Gasteiger partial charge in [-0.15, -0.1) is 11.3 Å². The van der Waals surface area contributed by atoms with Gasteiger partial charge in [0.2, 0.25) is 0 Å². The van der Waals surface area contributed by atoms with E-state index in [-0.39, 0.29) is 0 Å². The van der Waals surface area contributed by atoms with Crippen LogP contribution in [0.25, 0.3) is 21.6 Å². The molecular formula is C15H14ClN3S. The number of nitrogens with zero attached hydrogens (tertiary/aromatic N) is 3. The van der Waals surface area contributed by atoms with Crippen LogP contribution in [0.5, 0.6) is 0 Å². The zero-order valence-corrected chi connectivity index (χ0v) is 13.1. The van der Waals surface area contributed by atoms with Gasteiger partial charge >= 0.3 is 0 Å². The number of rotatable bonds is 2. The number of pyridine rings is 1. The predicted molar refractivity (Wildman–Crippen MR) is 84.5 cm³/mol. The van der Waals surface area contributed by atoms with Gasteiger partial charge in [-0.1, -0.05) is 18.5 Å².